The SMILES string of the molecule is O=C1N/C(=C/c2ccc(-c3cccc(F)c3)o2)C(=O)N1Cc1ccccc1F. The van der Waals surface area contributed by atoms with Crippen molar-refractivity contribution in [3.63, 3.8) is 0 Å². The minimum absolute atomic E-state index is 0.0153. The Morgan fingerprint density at radius 3 is 2.61 bits per heavy atom. The fourth-order valence-electron chi connectivity index (χ4n) is 2.88. The lowest BCUT2D eigenvalue weighted by Gasteiger charge is -2.12. The Morgan fingerprint density at radius 2 is 1.82 bits per heavy atom. The van der Waals surface area contributed by atoms with Crippen molar-refractivity contribution in [2.45, 2.75) is 6.54 Å². The van der Waals surface area contributed by atoms with Crippen LogP contribution in [0.1, 0.15) is 11.3 Å². The molecule has 0 radical (unpaired) electrons. The molecule has 4 rings (SSSR count). The average Bonchev–Trinajstić information content (AvgIpc) is 3.24. The number of hydrogen-bond acceptors (Lipinski definition) is 3. The fourth-order valence-corrected chi connectivity index (χ4v) is 2.88. The van der Waals surface area contributed by atoms with Crippen molar-refractivity contribution in [1.82, 2.24) is 10.2 Å². The van der Waals surface area contributed by atoms with E-state index >= 15 is 0 Å². The quantitative estimate of drug-likeness (QED) is 0.542. The van der Waals surface area contributed by atoms with Crippen molar-refractivity contribution in [2.75, 3.05) is 0 Å². The van der Waals surface area contributed by atoms with Crippen LogP contribution in [0, 0.1) is 11.6 Å². The predicted octanol–water partition coefficient (Wildman–Crippen LogP) is 4.32. The summed E-state index contributed by atoms with van der Waals surface area (Å²) >= 11 is 0. The van der Waals surface area contributed by atoms with Crippen LogP contribution in [0.2, 0.25) is 0 Å². The van der Waals surface area contributed by atoms with E-state index in [1.807, 2.05) is 0 Å². The number of carbonyl (C=O) groups is 2. The minimum Gasteiger partial charge on any atom is -0.457 e. The second-order valence-electron chi connectivity index (χ2n) is 6.18. The van der Waals surface area contributed by atoms with Crippen molar-refractivity contribution in [1.29, 1.82) is 0 Å². The molecule has 0 aliphatic carbocycles. The Hall–Kier alpha value is -3.74. The number of rotatable bonds is 4. The van der Waals surface area contributed by atoms with Gasteiger partial charge in [0.15, 0.2) is 0 Å². The summed E-state index contributed by atoms with van der Waals surface area (Å²) in [7, 11) is 0. The molecule has 0 spiro atoms. The summed E-state index contributed by atoms with van der Waals surface area (Å²) in [5, 5.41) is 2.46. The zero-order chi connectivity index (χ0) is 19.7. The molecule has 1 aromatic heterocycles. The molecule has 1 fully saturated rings. The Labute approximate surface area is 158 Å². The number of hydrogen-bond donors (Lipinski definition) is 1. The Morgan fingerprint density at radius 1 is 1.00 bits per heavy atom. The first kappa shape index (κ1) is 17.7. The van der Waals surface area contributed by atoms with Gasteiger partial charge in [0, 0.05) is 17.2 Å². The zero-order valence-electron chi connectivity index (χ0n) is 14.5. The second kappa shape index (κ2) is 7.11. The van der Waals surface area contributed by atoms with Gasteiger partial charge in [-0.05, 0) is 30.3 Å². The van der Waals surface area contributed by atoms with Gasteiger partial charge in [0.05, 0.1) is 6.54 Å². The molecular weight excluding hydrogens is 366 g/mol. The summed E-state index contributed by atoms with van der Waals surface area (Å²) in [6, 6.07) is 14.4. The van der Waals surface area contributed by atoms with Gasteiger partial charge in [-0.25, -0.2) is 13.6 Å². The van der Waals surface area contributed by atoms with Crippen molar-refractivity contribution >= 4 is 18.0 Å². The van der Waals surface area contributed by atoms with E-state index in [1.165, 1.54) is 36.4 Å². The lowest BCUT2D eigenvalue weighted by atomic mass is 10.2. The Balaban J connectivity index is 1.55. The van der Waals surface area contributed by atoms with Gasteiger partial charge in [0.25, 0.3) is 5.91 Å². The van der Waals surface area contributed by atoms with Gasteiger partial charge in [0.2, 0.25) is 0 Å². The van der Waals surface area contributed by atoms with E-state index < -0.39 is 23.6 Å². The number of furan rings is 1. The summed E-state index contributed by atoms with van der Waals surface area (Å²) in [4.78, 5) is 25.6. The van der Waals surface area contributed by atoms with Crippen LogP contribution in [-0.2, 0) is 11.3 Å². The standard InChI is InChI=1S/C21H14F2N2O3/c22-15-6-3-5-13(10-15)19-9-8-16(28-19)11-18-20(26)25(21(27)24-18)12-14-4-1-2-7-17(14)23/h1-11H,12H2,(H,24,27)/b18-11+. The first-order chi connectivity index (χ1) is 13.5. The monoisotopic (exact) mass is 380 g/mol. The van der Waals surface area contributed by atoms with Gasteiger partial charge in [-0.2, -0.15) is 0 Å². The van der Waals surface area contributed by atoms with Crippen molar-refractivity contribution < 1.29 is 22.8 Å². The molecule has 1 N–H and O–H groups in total. The van der Waals surface area contributed by atoms with E-state index in [9.17, 15) is 18.4 Å². The van der Waals surface area contributed by atoms with E-state index in [0.717, 1.165) is 4.90 Å². The van der Waals surface area contributed by atoms with Gasteiger partial charge in [-0.1, -0.05) is 30.3 Å². The predicted molar refractivity (Wildman–Crippen MR) is 97.6 cm³/mol. The Kier molecular flexibility index (Phi) is 4.49. The molecule has 2 aromatic carbocycles. The van der Waals surface area contributed by atoms with Crippen LogP contribution in [0.15, 0.2) is 70.8 Å². The number of nitrogens with one attached hydrogen (secondary N) is 1. The van der Waals surface area contributed by atoms with E-state index in [1.54, 1.807) is 30.3 Å². The summed E-state index contributed by atoms with van der Waals surface area (Å²) in [6.07, 6.45) is 1.38. The van der Waals surface area contributed by atoms with E-state index in [-0.39, 0.29) is 17.8 Å². The maximum Gasteiger partial charge on any atom is 0.329 e. The van der Waals surface area contributed by atoms with Crippen LogP contribution in [0.5, 0.6) is 0 Å². The molecule has 1 aliphatic rings. The van der Waals surface area contributed by atoms with E-state index in [2.05, 4.69) is 5.32 Å². The first-order valence-electron chi connectivity index (χ1n) is 8.45. The number of nitrogens with zero attached hydrogens (tertiary/aromatic N) is 1. The van der Waals surface area contributed by atoms with Gasteiger partial charge in [0.1, 0.15) is 28.9 Å². The molecule has 140 valence electrons. The molecule has 0 bridgehead atoms. The summed E-state index contributed by atoms with van der Waals surface area (Å²) in [6.45, 7) is -0.179. The van der Waals surface area contributed by atoms with Gasteiger partial charge < -0.3 is 9.73 Å². The van der Waals surface area contributed by atoms with Crippen LogP contribution in [0.4, 0.5) is 13.6 Å². The Bertz CT molecular complexity index is 1100. The highest BCUT2D eigenvalue weighted by Gasteiger charge is 2.34. The second-order valence-corrected chi connectivity index (χ2v) is 6.18. The van der Waals surface area contributed by atoms with Crippen LogP contribution < -0.4 is 5.32 Å². The maximum atomic E-state index is 13.8. The zero-order valence-corrected chi connectivity index (χ0v) is 14.5. The first-order valence-corrected chi connectivity index (χ1v) is 8.45. The number of imide groups is 1. The smallest absolute Gasteiger partial charge is 0.329 e. The third-order valence-electron chi connectivity index (χ3n) is 4.27. The van der Waals surface area contributed by atoms with Crippen LogP contribution in [0.25, 0.3) is 17.4 Å². The largest absolute Gasteiger partial charge is 0.457 e. The molecule has 1 aliphatic heterocycles. The normalized spacial score (nSPS) is 15.4. The third kappa shape index (κ3) is 3.42. The van der Waals surface area contributed by atoms with Gasteiger partial charge in [-0.3, -0.25) is 9.69 Å². The topological polar surface area (TPSA) is 62.6 Å². The van der Waals surface area contributed by atoms with Crippen molar-refractivity contribution in [2.24, 2.45) is 0 Å². The number of benzene rings is 2. The lowest BCUT2D eigenvalue weighted by molar-refractivity contribution is -0.123. The third-order valence-corrected chi connectivity index (χ3v) is 4.27. The summed E-state index contributed by atoms with van der Waals surface area (Å²) < 4.78 is 32.8. The lowest BCUT2D eigenvalue weighted by Crippen LogP contribution is -2.30. The number of amides is 3. The van der Waals surface area contributed by atoms with Crippen molar-refractivity contribution in [3.8, 4) is 11.3 Å². The highest BCUT2D eigenvalue weighted by molar-refractivity contribution is 6.13. The molecule has 28 heavy (non-hydrogen) atoms. The number of urea groups is 1. The average molecular weight is 380 g/mol. The fraction of sp³-hybridized carbons (Fsp3) is 0.0476. The van der Waals surface area contributed by atoms with Crippen LogP contribution in [-0.4, -0.2) is 16.8 Å². The highest BCUT2D eigenvalue weighted by Crippen LogP contribution is 2.25. The van der Waals surface area contributed by atoms with E-state index in [4.69, 9.17) is 4.42 Å². The van der Waals surface area contributed by atoms with Gasteiger partial charge in [-0.15, -0.1) is 0 Å². The molecule has 5 nitrogen and oxygen atoms in total. The molecule has 3 amide bonds. The molecule has 0 saturated carbocycles. The van der Waals surface area contributed by atoms with Crippen LogP contribution in [0.3, 0.4) is 0 Å². The molecule has 3 aromatic rings. The van der Waals surface area contributed by atoms with Gasteiger partial charge >= 0.3 is 6.03 Å². The summed E-state index contributed by atoms with van der Waals surface area (Å²) in [5.41, 5.74) is 0.799. The van der Waals surface area contributed by atoms with Crippen molar-refractivity contribution in [3.05, 3.63) is 89.3 Å². The summed E-state index contributed by atoms with van der Waals surface area (Å²) in [5.74, 6) is -0.735. The highest BCUT2D eigenvalue weighted by atomic mass is 19.1. The molecule has 7 heteroatoms. The van der Waals surface area contributed by atoms with Crippen LogP contribution >= 0.6 is 0 Å². The maximum absolute atomic E-state index is 13.8. The molecule has 0 unspecified atom stereocenters. The molecular formula is C21H14F2N2O3. The number of carbonyl (C=O) groups excluding carboxylic acids is 2. The van der Waals surface area contributed by atoms with E-state index in [0.29, 0.717) is 17.1 Å². The minimum atomic E-state index is -0.642. The number of halogens is 2. The molecule has 1 saturated heterocycles. The molecule has 2 heterocycles. The molecule has 0 atom stereocenters.